The molecule has 2 rings (SSSR count). The summed E-state index contributed by atoms with van der Waals surface area (Å²) < 4.78 is 32.1. The number of quaternary nitrogens is 1. The van der Waals surface area contributed by atoms with E-state index in [0.29, 0.717) is 12.1 Å². The molecule has 2 aromatic carbocycles. The Balaban J connectivity index is 0.000000346. The second-order valence-electron chi connectivity index (χ2n) is 7.96. The molecule has 0 heterocycles. The molecule has 6 nitrogen and oxygen atoms in total. The van der Waals surface area contributed by atoms with Gasteiger partial charge in [0.05, 0.1) is 25.5 Å². The topological polar surface area (TPSA) is 86.3 Å². The highest BCUT2D eigenvalue weighted by Gasteiger charge is 2.15. The monoisotopic (exact) mass is 432 g/mol. The second kappa shape index (κ2) is 11.6. The number of benzene rings is 2. The van der Waals surface area contributed by atoms with E-state index in [4.69, 9.17) is 0 Å². The van der Waals surface area contributed by atoms with Gasteiger partial charge in [0.2, 0.25) is 5.91 Å². The maximum atomic E-state index is 11.3. The third-order valence-corrected chi connectivity index (χ3v) is 5.23. The number of aryl methyl sites for hydroxylation is 1. The maximum Gasteiger partial charge on any atom is 0.246 e. The van der Waals surface area contributed by atoms with Gasteiger partial charge in [0.1, 0.15) is 16.7 Å². The SMILES string of the molecule is C=C(C)C(=O)NCCC[N+](C)(C)Cc1ccccc1.Cc1ccc(S(=O)(=O)[O-])cc1. The van der Waals surface area contributed by atoms with Gasteiger partial charge in [-0.25, -0.2) is 8.42 Å². The van der Waals surface area contributed by atoms with Crippen LogP contribution in [-0.2, 0) is 21.5 Å². The maximum absolute atomic E-state index is 11.3. The van der Waals surface area contributed by atoms with Gasteiger partial charge in [-0.2, -0.15) is 0 Å². The quantitative estimate of drug-likeness (QED) is 0.300. The molecule has 0 aliphatic carbocycles. The minimum atomic E-state index is -4.27. The Bertz CT molecular complexity index is 921. The first-order valence-electron chi connectivity index (χ1n) is 9.73. The molecule has 0 spiro atoms. The van der Waals surface area contributed by atoms with Gasteiger partial charge in [0.15, 0.2) is 0 Å². The lowest BCUT2D eigenvalue weighted by Gasteiger charge is -2.30. The number of rotatable bonds is 8. The highest BCUT2D eigenvalue weighted by Crippen LogP contribution is 2.10. The van der Waals surface area contributed by atoms with Gasteiger partial charge in [-0.1, -0.05) is 54.6 Å². The van der Waals surface area contributed by atoms with Gasteiger partial charge in [0, 0.05) is 24.1 Å². The Morgan fingerprint density at radius 1 is 1.07 bits per heavy atom. The predicted octanol–water partition coefficient (Wildman–Crippen LogP) is 3.24. The van der Waals surface area contributed by atoms with Crippen LogP contribution in [0.2, 0.25) is 0 Å². The van der Waals surface area contributed by atoms with Crippen LogP contribution in [0.1, 0.15) is 24.5 Å². The minimum absolute atomic E-state index is 0.0478. The number of nitrogens with zero attached hydrogens (tertiary/aromatic N) is 1. The molecule has 0 fully saturated rings. The molecule has 1 N–H and O–H groups in total. The van der Waals surface area contributed by atoms with Crippen LogP contribution in [0.25, 0.3) is 0 Å². The van der Waals surface area contributed by atoms with Crippen LogP contribution in [-0.4, -0.2) is 50.5 Å². The lowest BCUT2D eigenvalue weighted by molar-refractivity contribution is -0.903. The van der Waals surface area contributed by atoms with Crippen molar-refractivity contribution in [3.63, 3.8) is 0 Å². The van der Waals surface area contributed by atoms with Gasteiger partial charge in [0.25, 0.3) is 0 Å². The Hall–Kier alpha value is -2.48. The third-order valence-electron chi connectivity index (χ3n) is 4.38. The average molecular weight is 433 g/mol. The van der Waals surface area contributed by atoms with E-state index in [1.165, 1.54) is 17.7 Å². The minimum Gasteiger partial charge on any atom is -0.744 e. The van der Waals surface area contributed by atoms with Gasteiger partial charge >= 0.3 is 0 Å². The van der Waals surface area contributed by atoms with Gasteiger partial charge < -0.3 is 14.4 Å². The number of hydrogen-bond donors (Lipinski definition) is 1. The van der Waals surface area contributed by atoms with Crippen molar-refractivity contribution in [2.24, 2.45) is 0 Å². The summed E-state index contributed by atoms with van der Waals surface area (Å²) >= 11 is 0. The zero-order chi connectivity index (χ0) is 22.8. The predicted molar refractivity (Wildman–Crippen MR) is 119 cm³/mol. The molecule has 2 aromatic rings. The van der Waals surface area contributed by atoms with E-state index in [-0.39, 0.29) is 10.8 Å². The van der Waals surface area contributed by atoms with E-state index >= 15 is 0 Å². The lowest BCUT2D eigenvalue weighted by atomic mass is 10.2. The van der Waals surface area contributed by atoms with Crippen molar-refractivity contribution >= 4 is 16.0 Å². The van der Waals surface area contributed by atoms with Crippen molar-refractivity contribution in [1.82, 2.24) is 5.32 Å². The average Bonchev–Trinajstić information content (AvgIpc) is 2.65. The Morgan fingerprint density at radius 3 is 2.13 bits per heavy atom. The first kappa shape index (κ1) is 25.6. The summed E-state index contributed by atoms with van der Waals surface area (Å²) in [7, 11) is 0.162. The highest BCUT2D eigenvalue weighted by atomic mass is 32.2. The smallest absolute Gasteiger partial charge is 0.246 e. The molecule has 0 saturated carbocycles. The molecule has 7 heteroatoms. The molecule has 0 atom stereocenters. The third kappa shape index (κ3) is 10.3. The summed E-state index contributed by atoms with van der Waals surface area (Å²) in [5, 5.41) is 2.87. The highest BCUT2D eigenvalue weighted by molar-refractivity contribution is 7.85. The molecule has 0 aliphatic heterocycles. The van der Waals surface area contributed by atoms with E-state index in [1.54, 1.807) is 19.1 Å². The van der Waals surface area contributed by atoms with Crippen molar-refractivity contribution in [3.8, 4) is 0 Å². The van der Waals surface area contributed by atoms with Crippen LogP contribution < -0.4 is 5.32 Å². The van der Waals surface area contributed by atoms with E-state index in [1.807, 2.05) is 13.0 Å². The zero-order valence-corrected chi connectivity index (χ0v) is 19.0. The first-order valence-corrected chi connectivity index (χ1v) is 11.1. The molecule has 164 valence electrons. The van der Waals surface area contributed by atoms with Crippen LogP contribution >= 0.6 is 0 Å². The van der Waals surface area contributed by atoms with Crippen molar-refractivity contribution in [2.45, 2.75) is 31.7 Å². The molecule has 0 aliphatic rings. The van der Waals surface area contributed by atoms with Crippen LogP contribution in [0.3, 0.4) is 0 Å². The van der Waals surface area contributed by atoms with Crippen molar-refractivity contribution < 1.29 is 22.2 Å². The van der Waals surface area contributed by atoms with Crippen LogP contribution in [0, 0.1) is 6.92 Å². The Kier molecular flexibility index (Phi) is 9.92. The molecule has 1 amide bonds. The molecule has 0 bridgehead atoms. The number of hydrogen-bond acceptors (Lipinski definition) is 4. The molecule has 0 unspecified atom stereocenters. The first-order chi connectivity index (χ1) is 13.9. The van der Waals surface area contributed by atoms with E-state index in [2.05, 4.69) is 50.3 Å². The van der Waals surface area contributed by atoms with Crippen molar-refractivity contribution in [3.05, 3.63) is 77.9 Å². The summed E-state index contributed by atoms with van der Waals surface area (Å²) in [6, 6.07) is 16.3. The zero-order valence-electron chi connectivity index (χ0n) is 18.2. The molecule has 30 heavy (non-hydrogen) atoms. The van der Waals surface area contributed by atoms with Gasteiger partial charge in [-0.05, 0) is 26.0 Å². The van der Waals surface area contributed by atoms with Gasteiger partial charge in [-0.15, -0.1) is 0 Å². The standard InChI is InChI=1S/C16H24N2O.C7H8O3S/c1-14(2)16(19)17-11-8-12-18(3,4)13-15-9-6-5-7-10-15;1-6-2-4-7(5-3-6)11(8,9)10/h5-7,9-10H,1,8,11-13H2,2-4H3;2-5H,1H3,(H,8,9,10). The van der Waals surface area contributed by atoms with E-state index in [0.717, 1.165) is 29.6 Å². The van der Waals surface area contributed by atoms with Crippen LogP contribution in [0.4, 0.5) is 0 Å². The lowest BCUT2D eigenvalue weighted by Crippen LogP contribution is -2.41. The number of carbonyl (C=O) groups is 1. The molecule has 0 saturated heterocycles. The molecule has 0 aromatic heterocycles. The van der Waals surface area contributed by atoms with Crippen molar-refractivity contribution in [1.29, 1.82) is 0 Å². The summed E-state index contributed by atoms with van der Waals surface area (Å²) in [6.45, 7) is 9.92. The summed E-state index contributed by atoms with van der Waals surface area (Å²) in [4.78, 5) is 11.2. The van der Waals surface area contributed by atoms with Gasteiger partial charge in [-0.3, -0.25) is 4.79 Å². The number of nitrogens with one attached hydrogen (secondary N) is 1. The molecular weight excluding hydrogens is 400 g/mol. The summed E-state index contributed by atoms with van der Waals surface area (Å²) in [6.07, 6.45) is 0.971. The number of amides is 1. The van der Waals surface area contributed by atoms with Crippen LogP contribution in [0.15, 0.2) is 71.6 Å². The molecular formula is C23H32N2O4S. The largest absolute Gasteiger partial charge is 0.744 e. The second-order valence-corrected chi connectivity index (χ2v) is 9.34. The normalized spacial score (nSPS) is 11.2. The fraction of sp³-hybridized carbons (Fsp3) is 0.348. The van der Waals surface area contributed by atoms with Crippen molar-refractivity contribution in [2.75, 3.05) is 27.2 Å². The fourth-order valence-corrected chi connectivity index (χ4v) is 3.19. The summed E-state index contributed by atoms with van der Waals surface area (Å²) in [5.41, 5.74) is 2.84. The molecule has 0 radical (unpaired) electrons. The van der Waals surface area contributed by atoms with E-state index < -0.39 is 10.1 Å². The van der Waals surface area contributed by atoms with E-state index in [9.17, 15) is 17.8 Å². The Labute approximate surface area is 180 Å². The van der Waals surface area contributed by atoms with Crippen LogP contribution in [0.5, 0.6) is 0 Å². The fourth-order valence-electron chi connectivity index (χ4n) is 2.72. The number of carbonyl (C=O) groups excluding carboxylic acids is 1. The Morgan fingerprint density at radius 2 is 1.63 bits per heavy atom. The summed E-state index contributed by atoms with van der Waals surface area (Å²) in [5.74, 6) is -0.0478.